The topological polar surface area (TPSA) is 71.2 Å². The first-order valence-corrected chi connectivity index (χ1v) is 7.19. The van der Waals surface area contributed by atoms with E-state index < -0.39 is 0 Å². The molecule has 6 heteroatoms. The lowest BCUT2D eigenvalue weighted by Gasteiger charge is -2.36. The van der Waals surface area contributed by atoms with Crippen LogP contribution >= 0.6 is 0 Å². The van der Waals surface area contributed by atoms with Crippen molar-refractivity contribution < 1.29 is 9.90 Å². The van der Waals surface area contributed by atoms with Crippen LogP contribution in [0.1, 0.15) is 31.4 Å². The Morgan fingerprint density at radius 2 is 1.95 bits per heavy atom. The van der Waals surface area contributed by atoms with Crippen molar-refractivity contribution in [1.29, 1.82) is 0 Å². The van der Waals surface area contributed by atoms with Gasteiger partial charge in [-0.2, -0.15) is 0 Å². The molecule has 1 heterocycles. The standard InChI is InChI=1S/C16H22N4O2/c1-16(2,3)13(10-21)19(4)15(22)14-17-11-20(18-14)12-8-6-5-7-9-12/h5-9,11,13,21H,10H2,1-4H3. The Morgan fingerprint density at radius 1 is 1.32 bits per heavy atom. The molecule has 1 aromatic carbocycles. The van der Waals surface area contributed by atoms with Gasteiger partial charge in [0.1, 0.15) is 6.33 Å². The first-order valence-electron chi connectivity index (χ1n) is 7.19. The average Bonchev–Trinajstić information content (AvgIpc) is 2.96. The summed E-state index contributed by atoms with van der Waals surface area (Å²) in [5.41, 5.74) is 0.604. The lowest BCUT2D eigenvalue weighted by Crippen LogP contribution is -2.47. The van der Waals surface area contributed by atoms with E-state index in [1.165, 1.54) is 11.2 Å². The molecule has 0 fully saturated rings. The summed E-state index contributed by atoms with van der Waals surface area (Å²) >= 11 is 0. The maximum Gasteiger partial charge on any atom is 0.293 e. The fraction of sp³-hybridized carbons (Fsp3) is 0.438. The normalized spacial score (nSPS) is 13.0. The Kier molecular flexibility index (Phi) is 4.61. The zero-order valence-electron chi connectivity index (χ0n) is 13.4. The van der Waals surface area contributed by atoms with E-state index in [-0.39, 0.29) is 29.8 Å². The summed E-state index contributed by atoms with van der Waals surface area (Å²) in [7, 11) is 1.66. The maximum absolute atomic E-state index is 12.5. The number of aliphatic hydroxyl groups excluding tert-OH is 1. The molecule has 1 atom stereocenters. The highest BCUT2D eigenvalue weighted by Gasteiger charge is 2.32. The molecule has 1 unspecified atom stereocenters. The van der Waals surface area contributed by atoms with E-state index in [9.17, 15) is 9.90 Å². The van der Waals surface area contributed by atoms with E-state index in [0.29, 0.717) is 0 Å². The molecular weight excluding hydrogens is 280 g/mol. The van der Waals surface area contributed by atoms with Crippen molar-refractivity contribution in [1.82, 2.24) is 19.7 Å². The van der Waals surface area contributed by atoms with Crippen molar-refractivity contribution in [3.63, 3.8) is 0 Å². The van der Waals surface area contributed by atoms with Gasteiger partial charge in [0.15, 0.2) is 0 Å². The molecule has 0 aliphatic carbocycles. The minimum Gasteiger partial charge on any atom is -0.394 e. The molecule has 1 amide bonds. The molecule has 1 aromatic heterocycles. The minimum atomic E-state index is -0.302. The van der Waals surface area contributed by atoms with Crippen molar-refractivity contribution >= 4 is 5.91 Å². The Labute approximate surface area is 130 Å². The molecule has 1 N–H and O–H groups in total. The van der Waals surface area contributed by atoms with Crippen molar-refractivity contribution in [2.24, 2.45) is 5.41 Å². The molecule has 0 saturated heterocycles. The zero-order chi connectivity index (χ0) is 16.3. The number of amides is 1. The summed E-state index contributed by atoms with van der Waals surface area (Å²) in [6.45, 7) is 5.83. The molecule has 0 aliphatic heterocycles. The van der Waals surface area contributed by atoms with Crippen LogP contribution in [0.4, 0.5) is 0 Å². The highest BCUT2D eigenvalue weighted by Crippen LogP contribution is 2.24. The van der Waals surface area contributed by atoms with Crippen LogP contribution in [0.5, 0.6) is 0 Å². The van der Waals surface area contributed by atoms with Gasteiger partial charge in [0.05, 0.1) is 18.3 Å². The highest BCUT2D eigenvalue weighted by atomic mass is 16.3. The van der Waals surface area contributed by atoms with Gasteiger partial charge in [-0.1, -0.05) is 39.0 Å². The summed E-state index contributed by atoms with van der Waals surface area (Å²) < 4.78 is 1.56. The van der Waals surface area contributed by atoms with Gasteiger partial charge in [-0.25, -0.2) is 9.67 Å². The average molecular weight is 302 g/mol. The number of carbonyl (C=O) groups excluding carboxylic acids is 1. The third-order valence-corrected chi connectivity index (χ3v) is 3.66. The fourth-order valence-electron chi connectivity index (χ4n) is 2.34. The number of likely N-dealkylation sites (N-methyl/N-ethyl adjacent to an activating group) is 1. The van der Waals surface area contributed by atoms with E-state index in [0.717, 1.165) is 5.69 Å². The lowest BCUT2D eigenvalue weighted by atomic mass is 9.86. The van der Waals surface area contributed by atoms with E-state index in [2.05, 4.69) is 10.1 Å². The second kappa shape index (κ2) is 6.27. The maximum atomic E-state index is 12.5. The Hall–Kier alpha value is -2.21. The second-order valence-electron chi connectivity index (χ2n) is 6.33. The first-order chi connectivity index (χ1) is 10.3. The molecule has 2 rings (SSSR count). The van der Waals surface area contributed by atoms with Crippen LogP contribution in [0.15, 0.2) is 36.7 Å². The van der Waals surface area contributed by atoms with Gasteiger partial charge >= 0.3 is 0 Å². The summed E-state index contributed by atoms with van der Waals surface area (Å²) in [5, 5.41) is 13.8. The van der Waals surface area contributed by atoms with Gasteiger partial charge < -0.3 is 10.0 Å². The number of nitrogens with zero attached hydrogens (tertiary/aromatic N) is 4. The molecule has 0 spiro atoms. The number of hydrogen-bond acceptors (Lipinski definition) is 4. The SMILES string of the molecule is CN(C(=O)c1ncn(-c2ccccc2)n1)C(CO)C(C)(C)C. The van der Waals surface area contributed by atoms with E-state index in [1.54, 1.807) is 11.7 Å². The van der Waals surface area contributed by atoms with Gasteiger partial charge in [0, 0.05) is 7.05 Å². The lowest BCUT2D eigenvalue weighted by molar-refractivity contribution is 0.0423. The van der Waals surface area contributed by atoms with Crippen molar-refractivity contribution in [3.05, 3.63) is 42.5 Å². The predicted molar refractivity (Wildman–Crippen MR) is 83.8 cm³/mol. The van der Waals surface area contributed by atoms with E-state index in [1.807, 2.05) is 51.1 Å². The van der Waals surface area contributed by atoms with Gasteiger partial charge in [0.2, 0.25) is 5.82 Å². The Morgan fingerprint density at radius 3 is 2.50 bits per heavy atom. The molecule has 22 heavy (non-hydrogen) atoms. The third-order valence-electron chi connectivity index (χ3n) is 3.66. The molecule has 6 nitrogen and oxygen atoms in total. The summed E-state index contributed by atoms with van der Waals surface area (Å²) in [5.74, 6) is -0.183. The van der Waals surface area contributed by atoms with Crippen LogP contribution < -0.4 is 0 Å². The fourth-order valence-corrected chi connectivity index (χ4v) is 2.34. The summed E-state index contributed by atoms with van der Waals surface area (Å²) in [6, 6.07) is 9.17. The summed E-state index contributed by atoms with van der Waals surface area (Å²) in [4.78, 5) is 18.1. The van der Waals surface area contributed by atoms with Gasteiger partial charge in [-0.15, -0.1) is 5.10 Å². The van der Waals surface area contributed by atoms with Gasteiger partial charge in [0.25, 0.3) is 5.91 Å². The number of aromatic nitrogens is 3. The van der Waals surface area contributed by atoms with E-state index >= 15 is 0 Å². The zero-order valence-corrected chi connectivity index (χ0v) is 13.4. The van der Waals surface area contributed by atoms with Crippen LogP contribution in [0.3, 0.4) is 0 Å². The third kappa shape index (κ3) is 3.33. The molecule has 0 saturated carbocycles. The number of benzene rings is 1. The predicted octanol–water partition coefficient (Wildman–Crippen LogP) is 1.75. The quantitative estimate of drug-likeness (QED) is 0.934. The Balaban J connectivity index is 2.22. The first kappa shape index (κ1) is 16.2. The minimum absolute atomic E-state index is 0.106. The Bertz CT molecular complexity index is 631. The number of carbonyl (C=O) groups is 1. The number of para-hydroxylation sites is 1. The monoisotopic (exact) mass is 302 g/mol. The molecule has 2 aromatic rings. The molecule has 0 radical (unpaired) electrons. The number of rotatable bonds is 4. The number of aliphatic hydroxyl groups is 1. The summed E-state index contributed by atoms with van der Waals surface area (Å²) in [6.07, 6.45) is 1.52. The second-order valence-corrected chi connectivity index (χ2v) is 6.33. The molecule has 0 bridgehead atoms. The number of hydrogen-bond donors (Lipinski definition) is 1. The smallest absolute Gasteiger partial charge is 0.293 e. The van der Waals surface area contributed by atoms with Crippen LogP contribution in [0.2, 0.25) is 0 Å². The molecular formula is C16H22N4O2. The van der Waals surface area contributed by atoms with Crippen LogP contribution in [-0.2, 0) is 0 Å². The van der Waals surface area contributed by atoms with Gasteiger partial charge in [-0.3, -0.25) is 4.79 Å². The van der Waals surface area contributed by atoms with E-state index in [4.69, 9.17) is 0 Å². The van der Waals surface area contributed by atoms with Crippen LogP contribution in [0, 0.1) is 5.41 Å². The largest absolute Gasteiger partial charge is 0.394 e. The molecule has 118 valence electrons. The van der Waals surface area contributed by atoms with Crippen molar-refractivity contribution in [2.45, 2.75) is 26.8 Å². The van der Waals surface area contributed by atoms with Crippen LogP contribution in [0.25, 0.3) is 5.69 Å². The molecule has 0 aliphatic rings. The van der Waals surface area contributed by atoms with Gasteiger partial charge in [-0.05, 0) is 17.5 Å². The highest BCUT2D eigenvalue weighted by molar-refractivity contribution is 5.90. The van der Waals surface area contributed by atoms with Crippen molar-refractivity contribution in [3.8, 4) is 5.69 Å². The van der Waals surface area contributed by atoms with Crippen LogP contribution in [-0.4, -0.2) is 50.4 Å². The van der Waals surface area contributed by atoms with Crippen molar-refractivity contribution in [2.75, 3.05) is 13.7 Å².